The fraction of sp³-hybridized carbons (Fsp3) is 0.125. The van der Waals surface area contributed by atoms with E-state index >= 15 is 0 Å². The largest absolute Gasteiger partial charge is 0.326 e. The van der Waals surface area contributed by atoms with Gasteiger partial charge in [-0.2, -0.15) is 0 Å². The lowest BCUT2D eigenvalue weighted by Gasteiger charge is -2.10. The quantitative estimate of drug-likeness (QED) is 0.642. The minimum atomic E-state index is -0.514. The number of hydrogen-bond donors (Lipinski definition) is 2. The summed E-state index contributed by atoms with van der Waals surface area (Å²) < 4.78 is 2.00. The zero-order chi connectivity index (χ0) is 16.7. The van der Waals surface area contributed by atoms with E-state index in [-0.39, 0.29) is 5.70 Å². The molecule has 0 radical (unpaired) electrons. The highest BCUT2D eigenvalue weighted by Crippen LogP contribution is 2.28. The van der Waals surface area contributed by atoms with E-state index in [0.717, 1.165) is 22.6 Å². The second kappa shape index (κ2) is 5.76. The summed E-state index contributed by atoms with van der Waals surface area (Å²) in [6.07, 6.45) is 1.65. The number of aromatic nitrogens is 1. The molecule has 7 heteroatoms. The molecule has 0 aliphatic carbocycles. The zero-order valence-electron chi connectivity index (χ0n) is 12.4. The molecule has 1 aromatic carbocycles. The fourth-order valence-corrected chi connectivity index (χ4v) is 2.89. The topological polar surface area (TPSA) is 63.1 Å². The van der Waals surface area contributed by atoms with Crippen molar-refractivity contribution in [2.45, 2.75) is 13.8 Å². The summed E-state index contributed by atoms with van der Waals surface area (Å²) in [5.41, 5.74) is 3.82. The monoisotopic (exact) mass is 349 g/mol. The van der Waals surface area contributed by atoms with Crippen LogP contribution in [0.4, 0.5) is 4.79 Å². The molecule has 0 spiro atoms. The fourth-order valence-electron chi connectivity index (χ4n) is 2.59. The lowest BCUT2D eigenvalue weighted by atomic mass is 10.2. The summed E-state index contributed by atoms with van der Waals surface area (Å²) in [5.74, 6) is -0.436. The molecule has 2 N–H and O–H groups in total. The van der Waals surface area contributed by atoms with Gasteiger partial charge in [0, 0.05) is 17.1 Å². The van der Waals surface area contributed by atoms with Crippen LogP contribution in [0, 0.1) is 13.8 Å². The van der Waals surface area contributed by atoms with Crippen molar-refractivity contribution in [3.63, 3.8) is 0 Å². The second-order valence-electron chi connectivity index (χ2n) is 5.23. The molecule has 5 nitrogen and oxygen atoms in total. The van der Waals surface area contributed by atoms with E-state index in [4.69, 9.17) is 23.2 Å². The van der Waals surface area contributed by atoms with Gasteiger partial charge in [-0.1, -0.05) is 23.2 Å². The molecule has 0 atom stereocenters. The van der Waals surface area contributed by atoms with Crippen LogP contribution in [0.5, 0.6) is 0 Å². The van der Waals surface area contributed by atoms with Gasteiger partial charge in [-0.05, 0) is 49.8 Å². The molecule has 23 heavy (non-hydrogen) atoms. The Bertz CT molecular complexity index is 868. The Labute approximate surface area is 142 Å². The Morgan fingerprint density at radius 3 is 2.39 bits per heavy atom. The molecular formula is C16H13Cl2N3O2. The van der Waals surface area contributed by atoms with Crippen LogP contribution < -0.4 is 10.6 Å². The highest BCUT2D eigenvalue weighted by molar-refractivity contribution is 6.42. The lowest BCUT2D eigenvalue weighted by Crippen LogP contribution is -2.22. The van der Waals surface area contributed by atoms with Crippen LogP contribution in [0.15, 0.2) is 30.0 Å². The van der Waals surface area contributed by atoms with Gasteiger partial charge in [-0.25, -0.2) is 4.79 Å². The summed E-state index contributed by atoms with van der Waals surface area (Å²) in [6.45, 7) is 3.88. The molecule has 1 aliphatic rings. The first-order valence-corrected chi connectivity index (χ1v) is 7.61. The van der Waals surface area contributed by atoms with Gasteiger partial charge in [-0.3, -0.25) is 10.1 Å². The molecule has 1 aliphatic heterocycles. The molecule has 2 heterocycles. The maximum atomic E-state index is 11.6. The summed E-state index contributed by atoms with van der Waals surface area (Å²) in [6, 6.07) is 6.81. The molecule has 118 valence electrons. The maximum absolute atomic E-state index is 11.6. The predicted octanol–water partition coefficient (Wildman–Crippen LogP) is 3.58. The molecule has 1 fully saturated rings. The second-order valence-corrected chi connectivity index (χ2v) is 6.04. The van der Waals surface area contributed by atoms with Crippen LogP contribution in [0.25, 0.3) is 11.8 Å². The highest BCUT2D eigenvalue weighted by Gasteiger charge is 2.23. The first kappa shape index (κ1) is 15.6. The molecule has 3 rings (SSSR count). The predicted molar refractivity (Wildman–Crippen MR) is 89.9 cm³/mol. The minimum Gasteiger partial charge on any atom is -0.318 e. The average Bonchev–Trinajstić information content (AvgIpc) is 2.93. The number of nitrogens with one attached hydrogen (secondary N) is 2. The third-order valence-corrected chi connectivity index (χ3v) is 4.39. The molecule has 0 saturated carbocycles. The van der Waals surface area contributed by atoms with E-state index in [1.165, 1.54) is 0 Å². The number of nitrogens with zero attached hydrogens (tertiary/aromatic N) is 1. The first-order valence-electron chi connectivity index (χ1n) is 6.85. The number of hydrogen-bond acceptors (Lipinski definition) is 2. The molecule has 3 amide bonds. The molecule has 1 saturated heterocycles. The van der Waals surface area contributed by atoms with Crippen molar-refractivity contribution >= 4 is 41.2 Å². The molecule has 2 aromatic rings. The van der Waals surface area contributed by atoms with Crippen LogP contribution in [-0.4, -0.2) is 16.5 Å². The molecule has 0 unspecified atom stereocenters. The smallest absolute Gasteiger partial charge is 0.318 e. The molecule has 0 bridgehead atoms. The average molecular weight is 350 g/mol. The van der Waals surface area contributed by atoms with Crippen molar-refractivity contribution in [1.29, 1.82) is 0 Å². The van der Waals surface area contributed by atoms with Crippen molar-refractivity contribution in [3.8, 4) is 5.69 Å². The van der Waals surface area contributed by atoms with Gasteiger partial charge in [0.2, 0.25) is 0 Å². The number of carbonyl (C=O) groups excluding carboxylic acids is 2. The van der Waals surface area contributed by atoms with Crippen molar-refractivity contribution < 1.29 is 9.59 Å². The Morgan fingerprint density at radius 1 is 1.04 bits per heavy atom. The first-order chi connectivity index (χ1) is 10.9. The Balaban J connectivity index is 2.06. The Kier molecular flexibility index (Phi) is 3.92. The summed E-state index contributed by atoms with van der Waals surface area (Å²) >= 11 is 12.1. The van der Waals surface area contributed by atoms with Crippen LogP contribution in [0.3, 0.4) is 0 Å². The SMILES string of the molecule is Cc1cc(/C=C2\NC(=O)NC2=O)c(C)n1-c1ccc(Cl)c(Cl)c1. The van der Waals surface area contributed by atoms with Gasteiger partial charge in [0.05, 0.1) is 10.0 Å². The number of imide groups is 1. The Morgan fingerprint density at radius 2 is 1.78 bits per heavy atom. The number of aryl methyl sites for hydroxylation is 1. The van der Waals surface area contributed by atoms with Gasteiger partial charge >= 0.3 is 6.03 Å². The lowest BCUT2D eigenvalue weighted by molar-refractivity contribution is -0.115. The third kappa shape index (κ3) is 2.85. The van der Waals surface area contributed by atoms with Gasteiger partial charge < -0.3 is 9.88 Å². The van der Waals surface area contributed by atoms with Gasteiger partial charge in [0.1, 0.15) is 5.70 Å². The minimum absolute atomic E-state index is 0.226. The number of halogens is 2. The molecule has 1 aromatic heterocycles. The van der Waals surface area contributed by atoms with E-state index in [1.54, 1.807) is 18.2 Å². The third-order valence-electron chi connectivity index (χ3n) is 3.65. The number of amides is 3. The van der Waals surface area contributed by atoms with E-state index < -0.39 is 11.9 Å². The maximum Gasteiger partial charge on any atom is 0.326 e. The van der Waals surface area contributed by atoms with Gasteiger partial charge in [0.25, 0.3) is 5.91 Å². The number of benzene rings is 1. The van der Waals surface area contributed by atoms with Crippen molar-refractivity contribution in [1.82, 2.24) is 15.2 Å². The van der Waals surface area contributed by atoms with Crippen LogP contribution >= 0.6 is 23.2 Å². The van der Waals surface area contributed by atoms with Crippen LogP contribution in [-0.2, 0) is 4.79 Å². The van der Waals surface area contributed by atoms with E-state index in [1.807, 2.05) is 30.5 Å². The highest BCUT2D eigenvalue weighted by atomic mass is 35.5. The van der Waals surface area contributed by atoms with E-state index in [0.29, 0.717) is 10.0 Å². The van der Waals surface area contributed by atoms with Crippen LogP contribution in [0.1, 0.15) is 17.0 Å². The van der Waals surface area contributed by atoms with E-state index in [2.05, 4.69) is 10.6 Å². The van der Waals surface area contributed by atoms with Crippen LogP contribution in [0.2, 0.25) is 10.0 Å². The standard InChI is InChI=1S/C16H13Cl2N3O2/c1-8-5-10(6-14-15(22)20-16(23)19-14)9(2)21(8)11-3-4-12(17)13(18)7-11/h3-7H,1-2H3,(H2,19,20,22,23)/b14-6-. The van der Waals surface area contributed by atoms with Gasteiger partial charge in [0.15, 0.2) is 0 Å². The van der Waals surface area contributed by atoms with E-state index in [9.17, 15) is 9.59 Å². The van der Waals surface area contributed by atoms with Crippen molar-refractivity contribution in [2.24, 2.45) is 0 Å². The number of urea groups is 1. The number of carbonyl (C=O) groups is 2. The zero-order valence-corrected chi connectivity index (χ0v) is 13.9. The normalized spacial score (nSPS) is 15.9. The Hall–Kier alpha value is -2.24. The van der Waals surface area contributed by atoms with Crippen molar-refractivity contribution in [3.05, 3.63) is 57.0 Å². The summed E-state index contributed by atoms with van der Waals surface area (Å²) in [7, 11) is 0. The van der Waals surface area contributed by atoms with Crippen molar-refractivity contribution in [2.75, 3.05) is 0 Å². The van der Waals surface area contributed by atoms with Gasteiger partial charge in [-0.15, -0.1) is 0 Å². The molecular weight excluding hydrogens is 337 g/mol. The summed E-state index contributed by atoms with van der Waals surface area (Å²) in [4.78, 5) is 22.8. The summed E-state index contributed by atoms with van der Waals surface area (Å²) in [5, 5.41) is 5.62. The number of rotatable bonds is 2.